The molecule has 2 heterocycles. The van der Waals surface area contributed by atoms with Crippen LogP contribution in [0.2, 0.25) is 0 Å². The molecule has 33 heavy (non-hydrogen) atoms. The minimum atomic E-state index is -0.456. The van der Waals surface area contributed by atoms with Crippen LogP contribution in [0, 0.1) is 0 Å². The van der Waals surface area contributed by atoms with Crippen LogP contribution in [-0.4, -0.2) is 25.0 Å². The maximum absolute atomic E-state index is 13.6. The average molecular weight is 464 g/mol. The molecular weight excluding hydrogens is 434 g/mol. The van der Waals surface area contributed by atoms with E-state index in [9.17, 15) is 9.59 Å². The van der Waals surface area contributed by atoms with Crippen LogP contribution in [0.25, 0.3) is 0 Å². The quantitative estimate of drug-likeness (QED) is 0.585. The van der Waals surface area contributed by atoms with E-state index in [1.165, 1.54) is 4.88 Å². The Morgan fingerprint density at radius 3 is 2.67 bits per heavy atom. The van der Waals surface area contributed by atoms with E-state index < -0.39 is 5.92 Å². The molecule has 5 nitrogen and oxygen atoms in total. The number of carbonyl (C=O) groups is 2. The summed E-state index contributed by atoms with van der Waals surface area (Å²) in [4.78, 5) is 28.3. The summed E-state index contributed by atoms with van der Waals surface area (Å²) in [6, 6.07) is 11.8. The summed E-state index contributed by atoms with van der Waals surface area (Å²) >= 11 is 1.69. The van der Waals surface area contributed by atoms with Gasteiger partial charge in [0.05, 0.1) is 12.7 Å². The van der Waals surface area contributed by atoms with Crippen molar-refractivity contribution in [3.8, 4) is 5.75 Å². The predicted molar refractivity (Wildman–Crippen MR) is 128 cm³/mol. The highest BCUT2D eigenvalue weighted by molar-refractivity contribution is 7.10. The Balaban J connectivity index is 1.56. The van der Waals surface area contributed by atoms with Crippen molar-refractivity contribution in [1.29, 1.82) is 0 Å². The molecule has 0 spiro atoms. The summed E-state index contributed by atoms with van der Waals surface area (Å²) < 4.78 is 11.4. The second kappa shape index (κ2) is 9.18. The number of esters is 1. The molecule has 1 aromatic heterocycles. The third-order valence-electron chi connectivity index (χ3n) is 7.00. The lowest BCUT2D eigenvalue weighted by Gasteiger charge is -2.36. The van der Waals surface area contributed by atoms with Gasteiger partial charge in [0, 0.05) is 40.1 Å². The van der Waals surface area contributed by atoms with E-state index in [-0.39, 0.29) is 23.8 Å². The number of benzene rings is 1. The van der Waals surface area contributed by atoms with Crippen molar-refractivity contribution in [1.82, 2.24) is 5.32 Å². The maximum Gasteiger partial charge on any atom is 0.337 e. The lowest BCUT2D eigenvalue weighted by atomic mass is 9.72. The van der Waals surface area contributed by atoms with E-state index in [4.69, 9.17) is 9.47 Å². The van der Waals surface area contributed by atoms with E-state index in [1.54, 1.807) is 18.4 Å². The standard InChI is InChI=1S/C27H29NO4S/c1-16-24(27(30)32-19-8-3-4-9-19)25(17-7-5-10-20(13-17)31-2)26-21(28-16)14-18(15-22(26)29)23-11-6-12-33-23/h5-7,10-13,18-19,25,28H,3-4,8-9,14-15H2,1-2H3. The van der Waals surface area contributed by atoms with Crippen molar-refractivity contribution < 1.29 is 19.1 Å². The van der Waals surface area contributed by atoms with Gasteiger partial charge in [-0.3, -0.25) is 4.79 Å². The van der Waals surface area contributed by atoms with Crippen LogP contribution in [0.1, 0.15) is 67.7 Å². The van der Waals surface area contributed by atoms with Crippen LogP contribution in [0.15, 0.2) is 64.3 Å². The molecule has 2 aromatic rings. The van der Waals surface area contributed by atoms with Gasteiger partial charge in [-0.15, -0.1) is 11.3 Å². The molecule has 2 unspecified atom stereocenters. The fourth-order valence-electron chi connectivity index (χ4n) is 5.41. The van der Waals surface area contributed by atoms with E-state index in [2.05, 4.69) is 16.8 Å². The van der Waals surface area contributed by atoms with Crippen LogP contribution >= 0.6 is 11.3 Å². The lowest BCUT2D eigenvalue weighted by Crippen LogP contribution is -2.36. The molecule has 1 fully saturated rings. The average Bonchev–Trinajstić information content (AvgIpc) is 3.52. The Kier molecular flexibility index (Phi) is 6.11. The lowest BCUT2D eigenvalue weighted by molar-refractivity contribution is -0.144. The number of hydrogen-bond acceptors (Lipinski definition) is 6. The van der Waals surface area contributed by atoms with E-state index in [1.807, 2.05) is 37.3 Å². The van der Waals surface area contributed by atoms with Crippen molar-refractivity contribution in [2.24, 2.45) is 0 Å². The molecule has 1 saturated carbocycles. The van der Waals surface area contributed by atoms with Crippen molar-refractivity contribution in [3.05, 3.63) is 74.8 Å². The molecule has 5 rings (SSSR count). The highest BCUT2D eigenvalue weighted by Gasteiger charge is 2.42. The van der Waals surface area contributed by atoms with Crippen LogP contribution < -0.4 is 10.1 Å². The molecule has 172 valence electrons. The molecule has 0 bridgehead atoms. The number of allylic oxidation sites excluding steroid dienone is 3. The first-order chi connectivity index (χ1) is 16.0. The summed E-state index contributed by atoms with van der Waals surface area (Å²) in [6.07, 6.45) is 5.16. The molecule has 2 aliphatic carbocycles. The van der Waals surface area contributed by atoms with Crippen molar-refractivity contribution in [3.63, 3.8) is 0 Å². The molecular formula is C27H29NO4S. The molecule has 0 radical (unpaired) electrons. The summed E-state index contributed by atoms with van der Waals surface area (Å²) in [6.45, 7) is 1.92. The number of nitrogens with one attached hydrogen (secondary N) is 1. The van der Waals surface area contributed by atoms with Gasteiger partial charge in [0.25, 0.3) is 0 Å². The number of rotatable bonds is 5. The number of carbonyl (C=O) groups excluding carboxylic acids is 2. The Hall–Kier alpha value is -2.86. The first kappa shape index (κ1) is 22.0. The van der Waals surface area contributed by atoms with E-state index in [0.29, 0.717) is 23.3 Å². The van der Waals surface area contributed by atoms with Gasteiger partial charge in [0.2, 0.25) is 0 Å². The Labute approximate surface area is 198 Å². The monoisotopic (exact) mass is 463 g/mol. The minimum absolute atomic E-state index is 0.0376. The summed E-state index contributed by atoms with van der Waals surface area (Å²) in [5.41, 5.74) is 3.80. The van der Waals surface area contributed by atoms with Gasteiger partial charge >= 0.3 is 5.97 Å². The molecule has 6 heteroatoms. The minimum Gasteiger partial charge on any atom is -0.497 e. The first-order valence-corrected chi connectivity index (χ1v) is 12.6. The van der Waals surface area contributed by atoms with Crippen LogP contribution in [0.3, 0.4) is 0 Å². The zero-order valence-corrected chi connectivity index (χ0v) is 19.9. The molecule has 0 saturated heterocycles. The van der Waals surface area contributed by atoms with Crippen molar-refractivity contribution >= 4 is 23.1 Å². The molecule has 3 aliphatic rings. The highest BCUT2D eigenvalue weighted by Crippen LogP contribution is 2.47. The highest BCUT2D eigenvalue weighted by atomic mass is 32.1. The topological polar surface area (TPSA) is 64.6 Å². The van der Waals surface area contributed by atoms with E-state index >= 15 is 0 Å². The van der Waals surface area contributed by atoms with Gasteiger partial charge in [-0.05, 0) is 68.2 Å². The summed E-state index contributed by atoms with van der Waals surface area (Å²) in [7, 11) is 1.62. The summed E-state index contributed by atoms with van der Waals surface area (Å²) in [5, 5.41) is 5.49. The molecule has 1 aromatic carbocycles. The van der Waals surface area contributed by atoms with Crippen molar-refractivity contribution in [2.45, 2.75) is 63.4 Å². The number of dihydropyridines is 1. The molecule has 2 atom stereocenters. The number of ketones is 1. The smallest absolute Gasteiger partial charge is 0.337 e. The van der Waals surface area contributed by atoms with Gasteiger partial charge in [0.1, 0.15) is 11.9 Å². The third kappa shape index (κ3) is 4.24. The normalized spacial score (nSPS) is 23.4. The molecule has 0 amide bonds. The largest absolute Gasteiger partial charge is 0.497 e. The van der Waals surface area contributed by atoms with Gasteiger partial charge in [-0.25, -0.2) is 4.79 Å². The Bertz CT molecular complexity index is 1120. The van der Waals surface area contributed by atoms with Crippen LogP contribution in [-0.2, 0) is 14.3 Å². The zero-order valence-electron chi connectivity index (χ0n) is 19.1. The first-order valence-electron chi connectivity index (χ1n) is 11.7. The van der Waals surface area contributed by atoms with E-state index in [0.717, 1.165) is 49.1 Å². The Morgan fingerprint density at radius 2 is 1.94 bits per heavy atom. The zero-order chi connectivity index (χ0) is 22.9. The number of hydrogen-bond donors (Lipinski definition) is 1. The third-order valence-corrected chi connectivity index (χ3v) is 8.03. The second-order valence-corrected chi connectivity index (χ2v) is 10.1. The number of thiophene rings is 1. The number of methoxy groups -OCH3 is 1. The number of ether oxygens (including phenoxy) is 2. The van der Waals surface area contributed by atoms with Gasteiger partial charge in [0.15, 0.2) is 5.78 Å². The Morgan fingerprint density at radius 1 is 1.12 bits per heavy atom. The number of Topliss-reactive ketones (excluding diaryl/α,β-unsaturated/α-hetero) is 1. The maximum atomic E-state index is 13.6. The van der Waals surface area contributed by atoms with Crippen molar-refractivity contribution in [2.75, 3.05) is 7.11 Å². The van der Waals surface area contributed by atoms with Crippen LogP contribution in [0.4, 0.5) is 0 Å². The second-order valence-electron chi connectivity index (χ2n) is 9.12. The van der Waals surface area contributed by atoms with Gasteiger partial charge in [-0.2, -0.15) is 0 Å². The summed E-state index contributed by atoms with van der Waals surface area (Å²) in [5.74, 6) is 0.179. The predicted octanol–water partition coefficient (Wildman–Crippen LogP) is 5.60. The SMILES string of the molecule is COc1cccc(C2C(C(=O)OC3CCCC3)=C(C)NC3=C2C(=O)CC(c2cccs2)C3)c1. The van der Waals surface area contributed by atoms with Gasteiger partial charge < -0.3 is 14.8 Å². The fourth-order valence-corrected chi connectivity index (χ4v) is 6.24. The molecule has 1 aliphatic heterocycles. The fraction of sp³-hybridized carbons (Fsp3) is 0.407. The van der Waals surface area contributed by atoms with Crippen LogP contribution in [0.5, 0.6) is 5.75 Å². The molecule has 1 N–H and O–H groups in total. The van der Waals surface area contributed by atoms with Gasteiger partial charge in [-0.1, -0.05) is 18.2 Å².